The molecule has 0 atom stereocenters. The van der Waals surface area contributed by atoms with Crippen molar-refractivity contribution in [3.8, 4) is 5.69 Å². The van der Waals surface area contributed by atoms with Gasteiger partial charge in [0.2, 0.25) is 9.84 Å². The van der Waals surface area contributed by atoms with Crippen LogP contribution in [0.15, 0.2) is 52.5 Å². The second-order valence-electron chi connectivity index (χ2n) is 6.57. The van der Waals surface area contributed by atoms with Crippen LogP contribution in [0.4, 0.5) is 9.18 Å². The van der Waals surface area contributed by atoms with Crippen LogP contribution in [0.25, 0.3) is 5.69 Å². The van der Waals surface area contributed by atoms with Gasteiger partial charge in [0.25, 0.3) is 0 Å². The van der Waals surface area contributed by atoms with Crippen LogP contribution in [0.5, 0.6) is 0 Å². The second-order valence-corrected chi connectivity index (χ2v) is 8.47. The average molecular weight is 418 g/mol. The minimum atomic E-state index is -4.09. The van der Waals surface area contributed by atoms with E-state index >= 15 is 0 Å². The molecular formula is C19H19FN4O4S. The third kappa shape index (κ3) is 3.97. The minimum absolute atomic E-state index is 0.0483. The van der Waals surface area contributed by atoms with Gasteiger partial charge in [-0.1, -0.05) is 12.1 Å². The third-order valence-electron chi connectivity index (χ3n) is 4.32. The summed E-state index contributed by atoms with van der Waals surface area (Å²) in [5.74, 6) is -0.618. The summed E-state index contributed by atoms with van der Waals surface area (Å²) in [6, 6.07) is 8.76. The van der Waals surface area contributed by atoms with E-state index in [9.17, 15) is 17.6 Å². The lowest BCUT2D eigenvalue weighted by molar-refractivity contribution is 0.153. The molecule has 8 nitrogen and oxygen atoms in total. The minimum Gasteiger partial charge on any atom is -0.465 e. The van der Waals surface area contributed by atoms with Gasteiger partial charge in [0.1, 0.15) is 5.69 Å². The molecule has 0 saturated carbocycles. The monoisotopic (exact) mass is 418 g/mol. The number of halogens is 1. The number of aryl methyl sites for hydroxylation is 2. The molecule has 0 spiro atoms. The molecule has 0 aliphatic rings. The van der Waals surface area contributed by atoms with Crippen LogP contribution >= 0.6 is 0 Å². The summed E-state index contributed by atoms with van der Waals surface area (Å²) in [5, 5.41) is 13.0. The molecule has 1 N–H and O–H groups in total. The van der Waals surface area contributed by atoms with Crippen molar-refractivity contribution in [1.82, 2.24) is 19.7 Å². The van der Waals surface area contributed by atoms with Crippen molar-refractivity contribution in [3.63, 3.8) is 0 Å². The van der Waals surface area contributed by atoms with Crippen LogP contribution in [0.3, 0.4) is 0 Å². The maximum atomic E-state index is 14.7. The Hall–Kier alpha value is -3.27. The summed E-state index contributed by atoms with van der Waals surface area (Å²) >= 11 is 0. The number of benzene rings is 1. The van der Waals surface area contributed by atoms with Crippen molar-refractivity contribution < 1.29 is 22.7 Å². The molecule has 2 heterocycles. The summed E-state index contributed by atoms with van der Waals surface area (Å²) in [7, 11) is -2.77. The van der Waals surface area contributed by atoms with E-state index in [0.29, 0.717) is 11.3 Å². The molecule has 1 aromatic carbocycles. The van der Waals surface area contributed by atoms with Gasteiger partial charge in [-0.25, -0.2) is 22.3 Å². The van der Waals surface area contributed by atoms with Crippen molar-refractivity contribution in [3.05, 3.63) is 65.4 Å². The van der Waals surface area contributed by atoms with E-state index < -0.39 is 21.7 Å². The van der Waals surface area contributed by atoms with Crippen LogP contribution in [-0.2, 0) is 16.4 Å². The fourth-order valence-electron chi connectivity index (χ4n) is 2.69. The molecule has 0 fully saturated rings. The van der Waals surface area contributed by atoms with Crippen molar-refractivity contribution in [2.45, 2.75) is 30.3 Å². The number of aromatic nitrogens is 3. The fraction of sp³-hybridized carbons (Fsp3) is 0.211. The zero-order valence-electron chi connectivity index (χ0n) is 16.0. The zero-order chi connectivity index (χ0) is 21.3. The lowest BCUT2D eigenvalue weighted by Crippen LogP contribution is -2.24. The van der Waals surface area contributed by atoms with Crippen LogP contribution in [0, 0.1) is 19.7 Å². The normalized spacial score (nSPS) is 11.4. The van der Waals surface area contributed by atoms with Gasteiger partial charge >= 0.3 is 6.09 Å². The molecule has 10 heteroatoms. The number of amides is 1. The maximum absolute atomic E-state index is 14.7. The van der Waals surface area contributed by atoms with Gasteiger partial charge in [-0.05, 0) is 37.6 Å². The average Bonchev–Trinajstić information content (AvgIpc) is 3.08. The number of carboxylic acid groups (broad SMARTS) is 1. The second kappa shape index (κ2) is 7.63. The van der Waals surface area contributed by atoms with Gasteiger partial charge in [-0.3, -0.25) is 4.98 Å². The Bertz CT molecular complexity index is 1170. The number of carbonyl (C=O) groups is 1. The van der Waals surface area contributed by atoms with Crippen LogP contribution in [0.2, 0.25) is 0 Å². The quantitative estimate of drug-likeness (QED) is 0.683. The van der Waals surface area contributed by atoms with E-state index in [-0.39, 0.29) is 27.8 Å². The standard InChI is InChI=1S/C19H19FN4O4S/c1-12-5-4-6-16(18(12)20)24-17(9-14(22-24)11-23(3)19(25)26)29(27,28)15-8-7-13(2)21-10-15/h4-10H,11H2,1-3H3,(H,25,26). The predicted molar refractivity (Wildman–Crippen MR) is 102 cm³/mol. The van der Waals surface area contributed by atoms with Crippen molar-refractivity contribution >= 4 is 15.9 Å². The summed E-state index contributed by atoms with van der Waals surface area (Å²) in [6.07, 6.45) is 0.0194. The van der Waals surface area contributed by atoms with Gasteiger partial charge in [0.15, 0.2) is 10.8 Å². The first-order valence-corrected chi connectivity index (χ1v) is 10.1. The SMILES string of the molecule is Cc1ccc(S(=O)(=O)c2cc(CN(C)C(=O)O)nn2-c2cccc(C)c2F)cn1. The predicted octanol–water partition coefficient (Wildman–Crippen LogP) is 2.97. The molecule has 0 bridgehead atoms. The van der Waals surface area contributed by atoms with Crippen LogP contribution in [-0.4, -0.2) is 46.3 Å². The largest absolute Gasteiger partial charge is 0.465 e. The fourth-order valence-corrected chi connectivity index (χ4v) is 4.03. The van der Waals surface area contributed by atoms with E-state index in [1.54, 1.807) is 32.0 Å². The molecule has 0 saturated heterocycles. The Kier molecular flexibility index (Phi) is 5.38. The summed E-state index contributed by atoms with van der Waals surface area (Å²) in [4.78, 5) is 16.0. The van der Waals surface area contributed by atoms with E-state index in [4.69, 9.17) is 5.11 Å². The van der Waals surface area contributed by atoms with Gasteiger partial charge < -0.3 is 10.0 Å². The first-order chi connectivity index (χ1) is 13.6. The Morgan fingerprint density at radius 2 is 1.97 bits per heavy atom. The highest BCUT2D eigenvalue weighted by Crippen LogP contribution is 2.26. The third-order valence-corrected chi connectivity index (χ3v) is 6.03. The highest BCUT2D eigenvalue weighted by atomic mass is 32.2. The zero-order valence-corrected chi connectivity index (χ0v) is 16.8. The summed E-state index contributed by atoms with van der Waals surface area (Å²) in [5.41, 5.74) is 1.08. The number of rotatable bonds is 5. The smallest absolute Gasteiger partial charge is 0.407 e. The lowest BCUT2D eigenvalue weighted by atomic mass is 10.2. The van der Waals surface area contributed by atoms with Crippen LogP contribution in [0.1, 0.15) is 17.0 Å². The molecule has 0 aliphatic carbocycles. The Balaban J connectivity index is 2.21. The Morgan fingerprint density at radius 3 is 2.59 bits per heavy atom. The topological polar surface area (TPSA) is 105 Å². The summed E-state index contributed by atoms with van der Waals surface area (Å²) < 4.78 is 42.2. The van der Waals surface area contributed by atoms with Gasteiger partial charge in [0, 0.05) is 25.0 Å². The maximum Gasteiger partial charge on any atom is 0.407 e. The molecule has 3 rings (SSSR count). The molecular weight excluding hydrogens is 399 g/mol. The van der Waals surface area contributed by atoms with Crippen molar-refractivity contribution in [2.75, 3.05) is 7.05 Å². The molecule has 2 aromatic heterocycles. The molecule has 0 aliphatic heterocycles. The number of pyridine rings is 1. The molecule has 0 radical (unpaired) electrons. The highest BCUT2D eigenvalue weighted by molar-refractivity contribution is 7.91. The first-order valence-electron chi connectivity index (χ1n) is 8.57. The molecule has 152 valence electrons. The molecule has 3 aromatic rings. The highest BCUT2D eigenvalue weighted by Gasteiger charge is 2.27. The molecule has 1 amide bonds. The number of sulfone groups is 1. The number of hydrogen-bond acceptors (Lipinski definition) is 5. The van der Waals surface area contributed by atoms with E-state index in [1.165, 1.54) is 31.4 Å². The van der Waals surface area contributed by atoms with Crippen molar-refractivity contribution in [2.24, 2.45) is 0 Å². The number of hydrogen-bond donors (Lipinski definition) is 1. The lowest BCUT2D eigenvalue weighted by Gasteiger charge is -2.11. The molecule has 0 unspecified atom stereocenters. The summed E-state index contributed by atoms with van der Waals surface area (Å²) in [6.45, 7) is 3.12. The van der Waals surface area contributed by atoms with Crippen LogP contribution < -0.4 is 0 Å². The Morgan fingerprint density at radius 1 is 1.24 bits per heavy atom. The number of nitrogens with zero attached hydrogens (tertiary/aromatic N) is 4. The van der Waals surface area contributed by atoms with Crippen molar-refractivity contribution in [1.29, 1.82) is 0 Å². The molecule has 29 heavy (non-hydrogen) atoms. The first kappa shape index (κ1) is 20.5. The van der Waals surface area contributed by atoms with Gasteiger partial charge in [0.05, 0.1) is 17.1 Å². The van der Waals surface area contributed by atoms with E-state index in [0.717, 1.165) is 9.58 Å². The van der Waals surface area contributed by atoms with Gasteiger partial charge in [-0.2, -0.15) is 5.10 Å². The Labute approximate surface area is 167 Å². The van der Waals surface area contributed by atoms with Gasteiger partial charge in [-0.15, -0.1) is 0 Å². The van der Waals surface area contributed by atoms with E-state index in [1.807, 2.05) is 0 Å². The van der Waals surface area contributed by atoms with E-state index in [2.05, 4.69) is 10.1 Å².